The average molecular weight is 230 g/mol. The van der Waals surface area contributed by atoms with Gasteiger partial charge < -0.3 is 0 Å². The highest BCUT2D eigenvalue weighted by Crippen LogP contribution is 2.28. The molecule has 0 aromatic heterocycles. The Morgan fingerprint density at radius 1 is 1.41 bits per heavy atom. The molecule has 0 radical (unpaired) electrons. The van der Waals surface area contributed by atoms with Crippen LogP contribution in [-0.2, 0) is 4.79 Å². The highest BCUT2D eigenvalue weighted by molar-refractivity contribution is 6.38. The van der Waals surface area contributed by atoms with Crippen LogP contribution in [0.5, 0.6) is 0 Å². The zero-order valence-corrected chi connectivity index (χ0v) is 9.55. The van der Waals surface area contributed by atoms with Gasteiger partial charge in [-0.3, -0.25) is 15.2 Å². The third-order valence-electron chi connectivity index (χ3n) is 3.21. The molecule has 0 saturated carbocycles. The van der Waals surface area contributed by atoms with Crippen LogP contribution in [0.15, 0.2) is 35.4 Å². The fourth-order valence-electron chi connectivity index (χ4n) is 2.37. The molecule has 2 N–H and O–H groups in total. The predicted octanol–water partition coefficient (Wildman–Crippen LogP) is 0.422. The largest absolute Gasteiger partial charge is 0.291 e. The summed E-state index contributed by atoms with van der Waals surface area (Å²) in [5.41, 5.74) is 7.50. The first-order valence-electron chi connectivity index (χ1n) is 5.69. The van der Waals surface area contributed by atoms with Crippen LogP contribution in [-0.4, -0.2) is 29.3 Å². The van der Waals surface area contributed by atoms with Crippen molar-refractivity contribution in [3.8, 4) is 0 Å². The number of benzene rings is 1. The van der Waals surface area contributed by atoms with E-state index in [0.717, 1.165) is 6.54 Å². The van der Waals surface area contributed by atoms with E-state index in [1.165, 1.54) is 12.5 Å². The summed E-state index contributed by atoms with van der Waals surface area (Å²) in [4.78, 5) is 11.4. The van der Waals surface area contributed by atoms with Crippen molar-refractivity contribution in [3.05, 3.63) is 35.9 Å². The Morgan fingerprint density at radius 3 is 2.88 bits per heavy atom. The zero-order chi connectivity index (χ0) is 11.8. The third kappa shape index (κ3) is 1.59. The van der Waals surface area contributed by atoms with Gasteiger partial charge in [0.1, 0.15) is 6.17 Å². The van der Waals surface area contributed by atoms with Crippen LogP contribution in [0.1, 0.15) is 18.4 Å². The lowest BCUT2D eigenvalue weighted by atomic mass is 9.97. The Bertz CT molecular complexity index is 471. The number of hydrogen-bond donors (Lipinski definition) is 2. The summed E-state index contributed by atoms with van der Waals surface area (Å²) in [6.07, 6.45) is 0.0382. The summed E-state index contributed by atoms with van der Waals surface area (Å²) in [6, 6.07) is 10.3. The number of nitrogens with zero attached hydrogens (tertiary/aromatic N) is 2. The molecule has 5 heteroatoms. The average Bonchev–Trinajstić information content (AvgIpc) is 2.89. The van der Waals surface area contributed by atoms with Gasteiger partial charge in [0.2, 0.25) is 5.84 Å². The van der Waals surface area contributed by atoms with E-state index < -0.39 is 0 Å². The van der Waals surface area contributed by atoms with Gasteiger partial charge in [-0.15, -0.1) is 0 Å². The Balaban J connectivity index is 1.84. The van der Waals surface area contributed by atoms with E-state index in [4.69, 9.17) is 0 Å². The topological polar surface area (TPSA) is 56.7 Å². The first kappa shape index (κ1) is 10.3. The van der Waals surface area contributed by atoms with Gasteiger partial charge in [-0.1, -0.05) is 30.3 Å². The molecule has 1 aromatic carbocycles. The quantitative estimate of drug-likeness (QED) is 0.773. The Hall–Kier alpha value is -1.88. The van der Waals surface area contributed by atoms with Crippen molar-refractivity contribution < 1.29 is 4.79 Å². The van der Waals surface area contributed by atoms with E-state index in [1.807, 2.05) is 23.2 Å². The summed E-state index contributed by atoms with van der Waals surface area (Å²) >= 11 is 0. The van der Waals surface area contributed by atoms with Crippen molar-refractivity contribution >= 4 is 11.6 Å². The number of hydrazine groups is 1. The molecule has 2 aliphatic rings. The van der Waals surface area contributed by atoms with Gasteiger partial charge in [0, 0.05) is 19.4 Å². The molecule has 88 valence electrons. The summed E-state index contributed by atoms with van der Waals surface area (Å²) in [5.74, 6) is 0.742. The van der Waals surface area contributed by atoms with Gasteiger partial charge in [0.25, 0.3) is 0 Å². The molecular formula is C12H14N4O. The second kappa shape index (κ2) is 3.85. The lowest BCUT2D eigenvalue weighted by molar-refractivity contribution is -0.111. The highest BCUT2D eigenvalue weighted by atomic mass is 16.1. The molecule has 0 aliphatic carbocycles. The van der Waals surface area contributed by atoms with Crippen LogP contribution < -0.4 is 10.9 Å². The van der Waals surface area contributed by atoms with Gasteiger partial charge in [0.05, 0.1) is 0 Å². The number of amidine groups is 1. The fraction of sp³-hybridized carbons (Fsp3) is 0.333. The molecule has 17 heavy (non-hydrogen) atoms. The second-order valence-electron chi connectivity index (χ2n) is 4.31. The molecule has 2 atom stereocenters. The van der Waals surface area contributed by atoms with E-state index in [-0.39, 0.29) is 11.9 Å². The van der Waals surface area contributed by atoms with Crippen molar-refractivity contribution in [2.45, 2.75) is 19.0 Å². The predicted molar refractivity (Wildman–Crippen MR) is 64.1 cm³/mol. The van der Waals surface area contributed by atoms with Crippen LogP contribution >= 0.6 is 0 Å². The number of rotatable bonds is 2. The normalized spacial score (nSPS) is 26.4. The first-order valence-corrected chi connectivity index (χ1v) is 5.69. The number of ketones is 1. The van der Waals surface area contributed by atoms with E-state index in [2.05, 4.69) is 28.1 Å². The summed E-state index contributed by atoms with van der Waals surface area (Å²) in [6.45, 7) is 2.34. The van der Waals surface area contributed by atoms with Crippen molar-refractivity contribution in [2.75, 3.05) is 6.54 Å². The minimum Gasteiger partial charge on any atom is -0.291 e. The zero-order valence-electron chi connectivity index (χ0n) is 9.55. The SMILES string of the molecule is CC(=O)C1=NNC2C(c3ccccc3)CNN12. The molecule has 0 spiro atoms. The Labute approximate surface area is 99.5 Å². The van der Waals surface area contributed by atoms with Crippen molar-refractivity contribution in [2.24, 2.45) is 5.10 Å². The van der Waals surface area contributed by atoms with Crippen molar-refractivity contribution in [1.29, 1.82) is 0 Å². The number of hydrazone groups is 1. The van der Waals surface area contributed by atoms with Gasteiger partial charge in [-0.25, -0.2) is 5.43 Å². The second-order valence-corrected chi connectivity index (χ2v) is 4.31. The molecule has 3 rings (SSSR count). The number of nitrogens with one attached hydrogen (secondary N) is 2. The minimum atomic E-state index is -0.0267. The van der Waals surface area contributed by atoms with Gasteiger partial charge >= 0.3 is 0 Å². The maximum atomic E-state index is 11.4. The highest BCUT2D eigenvalue weighted by Gasteiger charge is 2.41. The molecule has 5 nitrogen and oxygen atoms in total. The Morgan fingerprint density at radius 2 is 2.18 bits per heavy atom. The van der Waals surface area contributed by atoms with Crippen molar-refractivity contribution in [1.82, 2.24) is 15.9 Å². The monoisotopic (exact) mass is 230 g/mol. The number of carbonyl (C=O) groups excluding carboxylic acids is 1. The molecule has 2 heterocycles. The molecule has 2 aliphatic heterocycles. The molecule has 1 fully saturated rings. The lowest BCUT2D eigenvalue weighted by Crippen LogP contribution is -2.44. The van der Waals surface area contributed by atoms with Gasteiger partial charge in [-0.05, 0) is 5.56 Å². The minimum absolute atomic E-state index is 0.0267. The third-order valence-corrected chi connectivity index (χ3v) is 3.21. The summed E-state index contributed by atoms with van der Waals surface area (Å²) in [7, 11) is 0. The van der Waals surface area contributed by atoms with Crippen LogP contribution in [0.25, 0.3) is 0 Å². The van der Waals surface area contributed by atoms with Crippen LogP contribution in [0.4, 0.5) is 0 Å². The molecule has 1 saturated heterocycles. The van der Waals surface area contributed by atoms with E-state index >= 15 is 0 Å². The van der Waals surface area contributed by atoms with Gasteiger partial charge in [0.15, 0.2) is 5.78 Å². The van der Waals surface area contributed by atoms with E-state index in [0.29, 0.717) is 11.8 Å². The lowest BCUT2D eigenvalue weighted by Gasteiger charge is -2.20. The molecule has 0 amide bonds. The van der Waals surface area contributed by atoms with Crippen LogP contribution in [0.2, 0.25) is 0 Å². The molecule has 0 bridgehead atoms. The molecular weight excluding hydrogens is 216 g/mol. The maximum absolute atomic E-state index is 11.4. The number of Topliss-reactive ketones (excluding diaryl/α,β-unsaturated/α-hetero) is 1. The number of fused-ring (bicyclic) bond motifs is 1. The fourth-order valence-corrected chi connectivity index (χ4v) is 2.37. The standard InChI is InChI=1S/C12H14N4O/c1-8(17)11-14-15-12-10(7-13-16(11)12)9-5-3-2-4-6-9/h2-6,10,12-13,15H,7H2,1H3. The van der Waals surface area contributed by atoms with E-state index in [9.17, 15) is 4.79 Å². The van der Waals surface area contributed by atoms with E-state index in [1.54, 1.807) is 0 Å². The molecule has 2 unspecified atom stereocenters. The first-order chi connectivity index (χ1) is 8.27. The smallest absolute Gasteiger partial charge is 0.207 e. The van der Waals surface area contributed by atoms with Crippen molar-refractivity contribution in [3.63, 3.8) is 0 Å². The maximum Gasteiger partial charge on any atom is 0.207 e. The summed E-state index contributed by atoms with van der Waals surface area (Å²) in [5, 5.41) is 5.91. The number of carbonyl (C=O) groups is 1. The number of hydrogen-bond acceptors (Lipinski definition) is 5. The Kier molecular flexibility index (Phi) is 2.33. The van der Waals surface area contributed by atoms with Crippen LogP contribution in [0.3, 0.4) is 0 Å². The van der Waals surface area contributed by atoms with Crippen LogP contribution in [0, 0.1) is 0 Å². The molecule has 1 aromatic rings. The van der Waals surface area contributed by atoms with Gasteiger partial charge in [-0.2, -0.15) is 5.10 Å². The summed E-state index contributed by atoms with van der Waals surface area (Å²) < 4.78 is 0.